The molecule has 2 aliphatic heterocycles. The van der Waals surface area contributed by atoms with Gasteiger partial charge < -0.3 is 14.5 Å². The minimum atomic E-state index is -0.179. The van der Waals surface area contributed by atoms with Gasteiger partial charge in [-0.25, -0.2) is 0 Å². The van der Waals surface area contributed by atoms with Gasteiger partial charge in [-0.3, -0.25) is 14.6 Å². The van der Waals surface area contributed by atoms with E-state index in [1.165, 1.54) is 0 Å². The molecule has 31 heavy (non-hydrogen) atoms. The molecule has 1 aromatic heterocycles. The van der Waals surface area contributed by atoms with E-state index in [0.29, 0.717) is 31.7 Å². The molecule has 0 N–H and O–H groups in total. The molecule has 2 saturated heterocycles. The summed E-state index contributed by atoms with van der Waals surface area (Å²) in [7, 11) is 0. The smallest absolute Gasteiger partial charge is 0.253 e. The summed E-state index contributed by atoms with van der Waals surface area (Å²) in [6.07, 6.45) is 7.33. The number of nitrogens with zero attached hydrogens (tertiary/aromatic N) is 3. The Bertz CT molecular complexity index is 879. The number of aryl methyl sites for hydroxylation is 1. The molecule has 2 atom stereocenters. The lowest BCUT2D eigenvalue weighted by molar-refractivity contribution is -0.139. The summed E-state index contributed by atoms with van der Waals surface area (Å²) >= 11 is 0. The van der Waals surface area contributed by atoms with Crippen LogP contribution >= 0.6 is 0 Å². The average molecular weight is 422 g/mol. The van der Waals surface area contributed by atoms with Crippen molar-refractivity contribution < 1.29 is 14.3 Å². The summed E-state index contributed by atoms with van der Waals surface area (Å²) < 4.78 is 5.81. The molecule has 0 radical (unpaired) electrons. The van der Waals surface area contributed by atoms with Crippen molar-refractivity contribution in [3.05, 3.63) is 65.5 Å². The Kier molecular flexibility index (Phi) is 6.97. The molecule has 4 rings (SSSR count). The van der Waals surface area contributed by atoms with Gasteiger partial charge in [0.2, 0.25) is 5.91 Å². The van der Waals surface area contributed by atoms with Crippen molar-refractivity contribution in [2.75, 3.05) is 26.2 Å². The van der Waals surface area contributed by atoms with Crippen LogP contribution in [0.3, 0.4) is 0 Å². The molecular formula is C25H31N3O3. The van der Waals surface area contributed by atoms with Gasteiger partial charge in [0.05, 0.1) is 12.0 Å². The molecule has 0 saturated carbocycles. The zero-order chi connectivity index (χ0) is 21.6. The number of carbonyl (C=O) groups excluding carboxylic acids is 2. The van der Waals surface area contributed by atoms with E-state index >= 15 is 0 Å². The van der Waals surface area contributed by atoms with Crippen LogP contribution in [0.4, 0.5) is 0 Å². The molecule has 3 heterocycles. The number of piperidine rings is 1. The van der Waals surface area contributed by atoms with Crippen LogP contribution in [0.25, 0.3) is 0 Å². The van der Waals surface area contributed by atoms with Gasteiger partial charge in [0, 0.05) is 50.7 Å². The highest BCUT2D eigenvalue weighted by atomic mass is 16.5. The van der Waals surface area contributed by atoms with Crippen LogP contribution in [0.1, 0.15) is 47.2 Å². The van der Waals surface area contributed by atoms with Gasteiger partial charge in [0.15, 0.2) is 0 Å². The summed E-state index contributed by atoms with van der Waals surface area (Å²) in [5.41, 5.74) is 2.82. The lowest BCUT2D eigenvalue weighted by atomic mass is 9.95. The second kappa shape index (κ2) is 10.1. The largest absolute Gasteiger partial charge is 0.376 e. The van der Waals surface area contributed by atoms with E-state index in [1.807, 2.05) is 59.3 Å². The van der Waals surface area contributed by atoms with Crippen molar-refractivity contribution in [3.63, 3.8) is 0 Å². The fraction of sp³-hybridized carbons (Fsp3) is 0.480. The SMILES string of the molecule is Cc1ccc(C(=O)N2CCCC(C(=O)N(Cc3cccnc3)CC3CCCO3)C2)cc1. The maximum absolute atomic E-state index is 13.6. The molecule has 2 aliphatic rings. The maximum atomic E-state index is 13.6. The number of rotatable bonds is 6. The minimum Gasteiger partial charge on any atom is -0.376 e. The second-order valence-corrected chi connectivity index (χ2v) is 8.67. The topological polar surface area (TPSA) is 62.7 Å². The van der Waals surface area contributed by atoms with Crippen LogP contribution < -0.4 is 0 Å². The molecule has 6 heteroatoms. The Morgan fingerprint density at radius 2 is 2.00 bits per heavy atom. The van der Waals surface area contributed by atoms with E-state index in [4.69, 9.17) is 4.74 Å². The van der Waals surface area contributed by atoms with E-state index in [9.17, 15) is 9.59 Å². The highest BCUT2D eigenvalue weighted by Crippen LogP contribution is 2.23. The predicted octanol–water partition coefficient (Wildman–Crippen LogP) is 3.45. The predicted molar refractivity (Wildman–Crippen MR) is 118 cm³/mol. The highest BCUT2D eigenvalue weighted by molar-refractivity contribution is 5.94. The van der Waals surface area contributed by atoms with Crippen molar-refractivity contribution in [3.8, 4) is 0 Å². The lowest BCUT2D eigenvalue weighted by Crippen LogP contribution is -2.48. The number of pyridine rings is 1. The number of likely N-dealkylation sites (tertiary alicyclic amines) is 1. The summed E-state index contributed by atoms with van der Waals surface area (Å²) in [4.78, 5) is 34.5. The van der Waals surface area contributed by atoms with Crippen molar-refractivity contribution in [2.24, 2.45) is 5.92 Å². The second-order valence-electron chi connectivity index (χ2n) is 8.67. The molecule has 0 aliphatic carbocycles. The molecular weight excluding hydrogens is 390 g/mol. The maximum Gasteiger partial charge on any atom is 0.253 e. The third-order valence-electron chi connectivity index (χ3n) is 6.21. The highest BCUT2D eigenvalue weighted by Gasteiger charge is 2.33. The van der Waals surface area contributed by atoms with Crippen LogP contribution in [0, 0.1) is 12.8 Å². The van der Waals surface area contributed by atoms with Gasteiger partial charge in [-0.1, -0.05) is 23.8 Å². The number of aromatic nitrogens is 1. The fourth-order valence-electron chi connectivity index (χ4n) is 4.48. The van der Waals surface area contributed by atoms with Gasteiger partial charge in [-0.2, -0.15) is 0 Å². The third kappa shape index (κ3) is 5.50. The van der Waals surface area contributed by atoms with Crippen LogP contribution in [-0.2, 0) is 16.1 Å². The van der Waals surface area contributed by atoms with Gasteiger partial charge in [-0.05, 0) is 56.4 Å². The molecule has 2 amide bonds. The summed E-state index contributed by atoms with van der Waals surface area (Å²) in [6, 6.07) is 11.5. The van der Waals surface area contributed by atoms with Crippen molar-refractivity contribution in [1.29, 1.82) is 0 Å². The van der Waals surface area contributed by atoms with E-state index in [-0.39, 0.29) is 23.8 Å². The van der Waals surface area contributed by atoms with Crippen LogP contribution in [0.15, 0.2) is 48.8 Å². The van der Waals surface area contributed by atoms with Crippen LogP contribution in [-0.4, -0.2) is 58.9 Å². The van der Waals surface area contributed by atoms with E-state index < -0.39 is 0 Å². The quantitative estimate of drug-likeness (QED) is 0.717. The van der Waals surface area contributed by atoms with Gasteiger partial charge >= 0.3 is 0 Å². The number of benzene rings is 1. The minimum absolute atomic E-state index is 0.00966. The van der Waals surface area contributed by atoms with Crippen molar-refractivity contribution in [1.82, 2.24) is 14.8 Å². The summed E-state index contributed by atoms with van der Waals surface area (Å²) in [5, 5.41) is 0. The number of hydrogen-bond acceptors (Lipinski definition) is 4. The molecule has 164 valence electrons. The van der Waals surface area contributed by atoms with Crippen molar-refractivity contribution in [2.45, 2.75) is 45.3 Å². The normalized spacial score (nSPS) is 21.1. The van der Waals surface area contributed by atoms with E-state index in [2.05, 4.69) is 4.98 Å². The monoisotopic (exact) mass is 421 g/mol. The van der Waals surface area contributed by atoms with Crippen LogP contribution in [0.5, 0.6) is 0 Å². The number of hydrogen-bond donors (Lipinski definition) is 0. The van der Waals surface area contributed by atoms with Gasteiger partial charge in [0.1, 0.15) is 0 Å². The molecule has 0 bridgehead atoms. The standard InChI is InChI=1S/C25H31N3O3/c1-19-8-10-21(11-9-19)24(29)27-13-3-6-22(17-27)25(30)28(18-23-7-4-14-31-23)16-20-5-2-12-26-15-20/h2,5,8-12,15,22-23H,3-4,6-7,13-14,16-18H2,1H3. The van der Waals surface area contributed by atoms with Gasteiger partial charge in [-0.15, -0.1) is 0 Å². The zero-order valence-electron chi connectivity index (χ0n) is 18.2. The Morgan fingerprint density at radius 1 is 1.16 bits per heavy atom. The molecule has 1 aromatic carbocycles. The van der Waals surface area contributed by atoms with Gasteiger partial charge in [0.25, 0.3) is 5.91 Å². The third-order valence-corrected chi connectivity index (χ3v) is 6.21. The first kappa shape index (κ1) is 21.5. The number of carbonyl (C=O) groups is 2. The Hall–Kier alpha value is -2.73. The van der Waals surface area contributed by atoms with E-state index in [0.717, 1.165) is 43.4 Å². The first-order chi connectivity index (χ1) is 15.1. The molecule has 6 nitrogen and oxygen atoms in total. The first-order valence-electron chi connectivity index (χ1n) is 11.3. The van der Waals surface area contributed by atoms with Crippen molar-refractivity contribution >= 4 is 11.8 Å². The first-order valence-corrected chi connectivity index (χ1v) is 11.3. The fourth-order valence-corrected chi connectivity index (χ4v) is 4.48. The van der Waals surface area contributed by atoms with E-state index in [1.54, 1.807) is 6.20 Å². The van der Waals surface area contributed by atoms with Crippen LogP contribution in [0.2, 0.25) is 0 Å². The summed E-state index contributed by atoms with van der Waals surface area (Å²) in [5.74, 6) is -0.0579. The number of ether oxygens (including phenoxy) is 1. The molecule has 0 spiro atoms. The lowest BCUT2D eigenvalue weighted by Gasteiger charge is -2.36. The Labute approximate surface area is 184 Å². The molecule has 2 aromatic rings. The molecule has 2 fully saturated rings. The summed E-state index contributed by atoms with van der Waals surface area (Å²) in [6.45, 7) is 5.06. The average Bonchev–Trinajstić information content (AvgIpc) is 3.32. The Balaban J connectivity index is 1.45. The number of amides is 2. The molecule has 2 unspecified atom stereocenters. The Morgan fingerprint density at radius 3 is 2.71 bits per heavy atom. The zero-order valence-corrected chi connectivity index (χ0v) is 18.2.